The summed E-state index contributed by atoms with van der Waals surface area (Å²) in [6.45, 7) is 0. The van der Waals surface area contributed by atoms with Gasteiger partial charge in [0.25, 0.3) is 0 Å². The van der Waals surface area contributed by atoms with Crippen LogP contribution in [0.5, 0.6) is 0 Å². The van der Waals surface area contributed by atoms with Crippen LogP contribution in [0.2, 0.25) is 0 Å². The maximum Gasteiger partial charge on any atom is -0.0319 e. The zero-order chi connectivity index (χ0) is 6.10. The van der Waals surface area contributed by atoms with Gasteiger partial charge < -0.3 is 0 Å². The first kappa shape index (κ1) is 5.52. The van der Waals surface area contributed by atoms with Gasteiger partial charge in [0, 0.05) is 0 Å². The fourth-order valence-corrected chi connectivity index (χ4v) is 1.69. The summed E-state index contributed by atoms with van der Waals surface area (Å²) >= 11 is 0. The van der Waals surface area contributed by atoms with Crippen molar-refractivity contribution in [2.24, 2.45) is 11.8 Å². The van der Waals surface area contributed by atoms with E-state index < -0.39 is 0 Å². The van der Waals surface area contributed by atoms with Gasteiger partial charge in [0.05, 0.1) is 0 Å². The van der Waals surface area contributed by atoms with Crippen molar-refractivity contribution >= 4 is 0 Å². The van der Waals surface area contributed by atoms with Gasteiger partial charge in [0.1, 0.15) is 0 Å². The van der Waals surface area contributed by atoms with Gasteiger partial charge in [-0.15, -0.1) is 0 Å². The minimum absolute atomic E-state index is 1.04. The molecule has 0 aromatic carbocycles. The molecule has 0 heterocycles. The fourth-order valence-electron chi connectivity index (χ4n) is 1.69. The van der Waals surface area contributed by atoms with Gasteiger partial charge in [-0.2, -0.15) is 0 Å². The molecule has 2 rings (SSSR count). The Morgan fingerprint density at radius 3 is 2.22 bits per heavy atom. The van der Waals surface area contributed by atoms with Crippen LogP contribution in [0.1, 0.15) is 32.1 Å². The van der Waals surface area contributed by atoms with E-state index in [1.54, 1.807) is 0 Å². The predicted octanol–water partition coefficient (Wildman–Crippen LogP) is 2.75. The molecule has 0 saturated heterocycles. The molecule has 2 aliphatic rings. The predicted molar refractivity (Wildman–Crippen MR) is 39.2 cm³/mol. The molecule has 0 radical (unpaired) electrons. The lowest BCUT2D eigenvalue weighted by molar-refractivity contribution is 0.486. The lowest BCUT2D eigenvalue weighted by Gasteiger charge is -2.05. The third-order valence-corrected chi connectivity index (χ3v) is 2.47. The highest BCUT2D eigenvalue weighted by atomic mass is 14.3. The minimum Gasteiger partial charge on any atom is -0.0882 e. The molecule has 50 valence electrons. The second-order valence-corrected chi connectivity index (χ2v) is 3.49. The molecule has 0 amide bonds. The number of hydrogen-bond donors (Lipinski definition) is 0. The Hall–Kier alpha value is -0.260. The van der Waals surface area contributed by atoms with Crippen LogP contribution in [-0.2, 0) is 0 Å². The standard InChI is InChI=1S/C9H14/c1-2-4-8(3-1)7-9-5-6-9/h1-2,8-9H,3-7H2. The first-order valence-electron chi connectivity index (χ1n) is 4.10. The largest absolute Gasteiger partial charge is 0.0882 e. The van der Waals surface area contributed by atoms with E-state index in [1.807, 2.05) is 0 Å². The molecule has 0 aliphatic heterocycles. The third-order valence-electron chi connectivity index (χ3n) is 2.47. The Kier molecular flexibility index (Phi) is 1.33. The van der Waals surface area contributed by atoms with E-state index in [4.69, 9.17) is 0 Å². The lowest BCUT2D eigenvalue weighted by Crippen LogP contribution is -1.93. The summed E-state index contributed by atoms with van der Waals surface area (Å²) in [5, 5.41) is 0. The molecule has 0 bridgehead atoms. The molecule has 1 fully saturated rings. The molecule has 1 saturated carbocycles. The first-order chi connectivity index (χ1) is 4.45. The highest BCUT2D eigenvalue weighted by Gasteiger charge is 2.25. The molecule has 0 aromatic rings. The van der Waals surface area contributed by atoms with Crippen LogP contribution in [0.25, 0.3) is 0 Å². The van der Waals surface area contributed by atoms with Gasteiger partial charge in [-0.25, -0.2) is 0 Å². The Morgan fingerprint density at radius 1 is 1.00 bits per heavy atom. The summed E-state index contributed by atoms with van der Waals surface area (Å²) in [7, 11) is 0. The van der Waals surface area contributed by atoms with Crippen molar-refractivity contribution in [3.05, 3.63) is 12.2 Å². The van der Waals surface area contributed by atoms with Crippen molar-refractivity contribution < 1.29 is 0 Å². The Morgan fingerprint density at radius 2 is 1.67 bits per heavy atom. The Labute approximate surface area is 57.0 Å². The molecular weight excluding hydrogens is 108 g/mol. The molecule has 0 atom stereocenters. The Balaban J connectivity index is 1.73. The van der Waals surface area contributed by atoms with Crippen LogP contribution >= 0.6 is 0 Å². The van der Waals surface area contributed by atoms with Gasteiger partial charge in [-0.1, -0.05) is 25.0 Å². The van der Waals surface area contributed by atoms with Crippen molar-refractivity contribution in [1.82, 2.24) is 0 Å². The molecule has 0 spiro atoms. The minimum atomic E-state index is 1.04. The zero-order valence-corrected chi connectivity index (χ0v) is 5.84. The van der Waals surface area contributed by atoms with Gasteiger partial charge in [-0.05, 0) is 31.1 Å². The maximum absolute atomic E-state index is 2.34. The van der Waals surface area contributed by atoms with E-state index in [9.17, 15) is 0 Å². The van der Waals surface area contributed by atoms with Gasteiger partial charge >= 0.3 is 0 Å². The molecule has 0 nitrogen and oxygen atoms in total. The maximum atomic E-state index is 2.34. The fraction of sp³-hybridized carbons (Fsp3) is 0.778. The van der Waals surface area contributed by atoms with E-state index >= 15 is 0 Å². The normalized spacial score (nSPS) is 27.6. The SMILES string of the molecule is C1=CCC(CC2CC2)C1. The number of rotatable bonds is 2. The second-order valence-electron chi connectivity index (χ2n) is 3.49. The monoisotopic (exact) mass is 122 g/mol. The van der Waals surface area contributed by atoms with Gasteiger partial charge in [-0.3, -0.25) is 0 Å². The molecule has 9 heavy (non-hydrogen) atoms. The quantitative estimate of drug-likeness (QED) is 0.494. The van der Waals surface area contributed by atoms with E-state index in [0.717, 1.165) is 11.8 Å². The second kappa shape index (κ2) is 2.17. The van der Waals surface area contributed by atoms with Crippen molar-refractivity contribution in [2.45, 2.75) is 32.1 Å². The van der Waals surface area contributed by atoms with Crippen LogP contribution in [0.4, 0.5) is 0 Å². The summed E-state index contributed by atoms with van der Waals surface area (Å²) in [4.78, 5) is 0. The first-order valence-corrected chi connectivity index (χ1v) is 4.10. The summed E-state index contributed by atoms with van der Waals surface area (Å²) in [6, 6.07) is 0. The zero-order valence-electron chi connectivity index (χ0n) is 5.84. The van der Waals surface area contributed by atoms with E-state index in [0.29, 0.717) is 0 Å². The lowest BCUT2D eigenvalue weighted by atomic mass is 10.0. The highest BCUT2D eigenvalue weighted by Crippen LogP contribution is 2.38. The van der Waals surface area contributed by atoms with E-state index in [-0.39, 0.29) is 0 Å². The molecular formula is C9H14. The average molecular weight is 122 g/mol. The molecule has 0 aromatic heterocycles. The van der Waals surface area contributed by atoms with Crippen LogP contribution in [-0.4, -0.2) is 0 Å². The average Bonchev–Trinajstić information content (AvgIpc) is 2.46. The van der Waals surface area contributed by atoms with Crippen LogP contribution in [0.15, 0.2) is 12.2 Å². The van der Waals surface area contributed by atoms with E-state index in [2.05, 4.69) is 12.2 Å². The highest BCUT2D eigenvalue weighted by molar-refractivity contribution is 4.95. The Bertz CT molecular complexity index is 112. The van der Waals surface area contributed by atoms with E-state index in [1.165, 1.54) is 32.1 Å². The molecule has 0 N–H and O–H groups in total. The van der Waals surface area contributed by atoms with Gasteiger partial charge in [0.15, 0.2) is 0 Å². The number of hydrogen-bond acceptors (Lipinski definition) is 0. The smallest absolute Gasteiger partial charge is 0.0319 e. The van der Waals surface area contributed by atoms with Crippen molar-refractivity contribution in [3.8, 4) is 0 Å². The summed E-state index contributed by atoms with van der Waals surface area (Å²) < 4.78 is 0. The number of allylic oxidation sites excluding steroid dienone is 2. The topological polar surface area (TPSA) is 0 Å². The van der Waals surface area contributed by atoms with Crippen LogP contribution < -0.4 is 0 Å². The third kappa shape index (κ3) is 1.35. The van der Waals surface area contributed by atoms with Crippen molar-refractivity contribution in [1.29, 1.82) is 0 Å². The molecule has 0 unspecified atom stereocenters. The summed E-state index contributed by atoms with van der Waals surface area (Å²) in [5.41, 5.74) is 0. The van der Waals surface area contributed by atoms with Gasteiger partial charge in [0.2, 0.25) is 0 Å². The van der Waals surface area contributed by atoms with Crippen LogP contribution in [0.3, 0.4) is 0 Å². The van der Waals surface area contributed by atoms with Crippen molar-refractivity contribution in [2.75, 3.05) is 0 Å². The molecule has 0 heteroatoms. The van der Waals surface area contributed by atoms with Crippen molar-refractivity contribution in [3.63, 3.8) is 0 Å². The summed E-state index contributed by atoms with van der Waals surface area (Å²) in [6.07, 6.45) is 12.0. The molecule has 2 aliphatic carbocycles. The van der Waals surface area contributed by atoms with Crippen LogP contribution in [0, 0.1) is 11.8 Å². The summed E-state index contributed by atoms with van der Waals surface area (Å²) in [5.74, 6) is 2.17.